The summed E-state index contributed by atoms with van der Waals surface area (Å²) in [4.78, 5) is 16.2. The highest BCUT2D eigenvalue weighted by Gasteiger charge is 2.35. The Labute approximate surface area is 141 Å². The number of rotatable bonds is 4. The van der Waals surface area contributed by atoms with Crippen molar-refractivity contribution < 1.29 is 9.18 Å². The zero-order valence-corrected chi connectivity index (χ0v) is 13.7. The molecule has 0 spiro atoms. The number of piperidine rings is 1. The number of nitriles is 1. The predicted octanol–water partition coefficient (Wildman–Crippen LogP) is 1.61. The Kier molecular flexibility index (Phi) is 5.12. The fourth-order valence-corrected chi connectivity index (χ4v) is 3.96. The van der Waals surface area contributed by atoms with Gasteiger partial charge in [-0.25, -0.2) is 4.39 Å². The number of primary amides is 1. The van der Waals surface area contributed by atoms with Crippen LogP contribution in [-0.2, 0) is 11.3 Å². The maximum absolute atomic E-state index is 13.4. The van der Waals surface area contributed by atoms with E-state index in [1.54, 1.807) is 12.1 Å². The van der Waals surface area contributed by atoms with E-state index < -0.39 is 5.82 Å². The third kappa shape index (κ3) is 3.58. The highest BCUT2D eigenvalue weighted by molar-refractivity contribution is 5.80. The van der Waals surface area contributed by atoms with Gasteiger partial charge >= 0.3 is 0 Å². The molecule has 0 saturated carbocycles. The van der Waals surface area contributed by atoms with Crippen LogP contribution in [0, 0.1) is 17.1 Å². The first kappa shape index (κ1) is 16.9. The molecule has 6 heteroatoms. The lowest BCUT2D eigenvalue weighted by Crippen LogP contribution is -2.50. The van der Waals surface area contributed by atoms with Crippen molar-refractivity contribution in [3.8, 4) is 6.07 Å². The molecule has 1 amide bonds. The molecular formula is C18H23FN4O. The van der Waals surface area contributed by atoms with Gasteiger partial charge < -0.3 is 5.73 Å². The lowest BCUT2D eigenvalue weighted by molar-refractivity contribution is -0.123. The molecule has 3 rings (SSSR count). The van der Waals surface area contributed by atoms with Crippen molar-refractivity contribution in [2.75, 3.05) is 19.6 Å². The van der Waals surface area contributed by atoms with Crippen molar-refractivity contribution in [3.63, 3.8) is 0 Å². The van der Waals surface area contributed by atoms with Gasteiger partial charge in [-0.15, -0.1) is 0 Å². The van der Waals surface area contributed by atoms with E-state index in [2.05, 4.69) is 9.80 Å². The van der Waals surface area contributed by atoms with Gasteiger partial charge in [-0.1, -0.05) is 6.07 Å². The molecule has 24 heavy (non-hydrogen) atoms. The Balaban J connectivity index is 1.56. The maximum Gasteiger partial charge on any atom is 0.234 e. The van der Waals surface area contributed by atoms with Crippen molar-refractivity contribution >= 4 is 5.91 Å². The third-order valence-corrected chi connectivity index (χ3v) is 5.21. The highest BCUT2D eigenvalue weighted by Crippen LogP contribution is 2.26. The molecule has 0 aliphatic carbocycles. The molecule has 2 N–H and O–H groups in total. The van der Waals surface area contributed by atoms with E-state index in [-0.39, 0.29) is 17.5 Å². The fraction of sp³-hybridized carbons (Fsp3) is 0.556. The Morgan fingerprint density at radius 2 is 2.04 bits per heavy atom. The van der Waals surface area contributed by atoms with Crippen molar-refractivity contribution in [1.29, 1.82) is 5.26 Å². The van der Waals surface area contributed by atoms with Crippen molar-refractivity contribution in [3.05, 3.63) is 35.1 Å². The molecule has 2 saturated heterocycles. The molecule has 5 nitrogen and oxygen atoms in total. The van der Waals surface area contributed by atoms with Crippen molar-refractivity contribution in [1.82, 2.24) is 9.80 Å². The van der Waals surface area contributed by atoms with Crippen LogP contribution >= 0.6 is 0 Å². The molecular weight excluding hydrogens is 307 g/mol. The Morgan fingerprint density at radius 3 is 2.71 bits per heavy atom. The monoisotopic (exact) mass is 330 g/mol. The van der Waals surface area contributed by atoms with E-state index in [4.69, 9.17) is 11.0 Å². The Morgan fingerprint density at radius 1 is 1.29 bits per heavy atom. The second-order valence-corrected chi connectivity index (χ2v) is 6.73. The zero-order chi connectivity index (χ0) is 17.1. The first-order valence-electron chi connectivity index (χ1n) is 8.54. The summed E-state index contributed by atoms with van der Waals surface area (Å²) in [5.74, 6) is -0.670. The smallest absolute Gasteiger partial charge is 0.234 e. The van der Waals surface area contributed by atoms with Crippen LogP contribution < -0.4 is 5.73 Å². The number of carbonyl (C=O) groups excluding carboxylic acids is 1. The standard InChI is InChI=1S/C18H23FN4O/c19-16-4-3-13(10-14(16)11-20)12-22-8-5-15(6-9-22)23-7-1-2-17(23)18(21)24/h3-4,10,15,17H,1-2,5-9,12H2,(H2,21,24). The van der Waals surface area contributed by atoms with Crippen LogP contribution in [0.25, 0.3) is 0 Å². The topological polar surface area (TPSA) is 73.4 Å². The van der Waals surface area contributed by atoms with E-state index in [0.29, 0.717) is 6.04 Å². The van der Waals surface area contributed by atoms with Gasteiger partial charge in [0.15, 0.2) is 0 Å². The van der Waals surface area contributed by atoms with Crippen LogP contribution in [0.4, 0.5) is 4.39 Å². The number of hydrogen-bond acceptors (Lipinski definition) is 4. The van der Waals surface area contributed by atoms with Crippen LogP contribution in [0.1, 0.15) is 36.8 Å². The molecule has 0 bridgehead atoms. The first-order chi connectivity index (χ1) is 11.6. The predicted molar refractivity (Wildman–Crippen MR) is 88.3 cm³/mol. The lowest BCUT2D eigenvalue weighted by Gasteiger charge is -2.38. The van der Waals surface area contributed by atoms with Crippen LogP contribution in [0.2, 0.25) is 0 Å². The summed E-state index contributed by atoms with van der Waals surface area (Å²) in [7, 11) is 0. The summed E-state index contributed by atoms with van der Waals surface area (Å²) in [5.41, 5.74) is 6.58. The summed E-state index contributed by atoms with van der Waals surface area (Å²) in [6.07, 6.45) is 3.94. The van der Waals surface area contributed by atoms with Gasteiger partial charge in [0.05, 0.1) is 11.6 Å². The molecule has 2 heterocycles. The number of hydrogen-bond donors (Lipinski definition) is 1. The maximum atomic E-state index is 13.4. The molecule has 2 aliphatic heterocycles. The third-order valence-electron chi connectivity index (χ3n) is 5.21. The molecule has 0 aromatic heterocycles. The van der Waals surface area contributed by atoms with E-state index in [1.165, 1.54) is 6.07 Å². The lowest BCUT2D eigenvalue weighted by atomic mass is 10.0. The SMILES string of the molecule is N#Cc1cc(CN2CCC(N3CCCC3C(N)=O)CC2)ccc1F. The summed E-state index contributed by atoms with van der Waals surface area (Å²) in [6, 6.07) is 6.94. The summed E-state index contributed by atoms with van der Waals surface area (Å²) < 4.78 is 13.4. The number of amides is 1. The van der Waals surface area contributed by atoms with Crippen LogP contribution in [0.3, 0.4) is 0 Å². The van der Waals surface area contributed by atoms with Gasteiger partial charge in [-0.2, -0.15) is 5.26 Å². The number of likely N-dealkylation sites (tertiary alicyclic amines) is 2. The van der Waals surface area contributed by atoms with Gasteiger partial charge in [0.1, 0.15) is 11.9 Å². The zero-order valence-electron chi connectivity index (χ0n) is 13.7. The van der Waals surface area contributed by atoms with Crippen LogP contribution in [0.15, 0.2) is 18.2 Å². The molecule has 1 aromatic carbocycles. The van der Waals surface area contributed by atoms with E-state index in [1.807, 2.05) is 6.07 Å². The Hall–Kier alpha value is -1.97. The number of halogens is 1. The molecule has 0 radical (unpaired) electrons. The number of carbonyl (C=O) groups is 1. The first-order valence-corrected chi connectivity index (χ1v) is 8.54. The normalized spacial score (nSPS) is 23.2. The largest absolute Gasteiger partial charge is 0.368 e. The summed E-state index contributed by atoms with van der Waals surface area (Å²) in [5, 5.41) is 8.93. The van der Waals surface area contributed by atoms with Gasteiger partial charge in [0, 0.05) is 12.6 Å². The number of nitrogens with two attached hydrogens (primary N) is 1. The molecule has 128 valence electrons. The molecule has 1 atom stereocenters. The Bertz CT molecular complexity index is 649. The average Bonchev–Trinajstić information content (AvgIpc) is 3.07. The van der Waals surface area contributed by atoms with Gasteiger partial charge in [-0.3, -0.25) is 14.6 Å². The summed E-state index contributed by atoms with van der Waals surface area (Å²) >= 11 is 0. The second kappa shape index (κ2) is 7.29. The van der Waals surface area contributed by atoms with Gasteiger partial charge in [0.2, 0.25) is 5.91 Å². The fourth-order valence-electron chi connectivity index (χ4n) is 3.96. The highest BCUT2D eigenvalue weighted by atomic mass is 19.1. The quantitative estimate of drug-likeness (QED) is 0.910. The number of nitrogens with zero attached hydrogens (tertiary/aromatic N) is 3. The number of benzene rings is 1. The average molecular weight is 330 g/mol. The minimum atomic E-state index is -0.466. The molecule has 1 aromatic rings. The molecule has 2 fully saturated rings. The molecule has 1 unspecified atom stereocenters. The van der Waals surface area contributed by atoms with Crippen LogP contribution in [0.5, 0.6) is 0 Å². The van der Waals surface area contributed by atoms with E-state index >= 15 is 0 Å². The van der Waals surface area contributed by atoms with Crippen molar-refractivity contribution in [2.45, 2.75) is 44.3 Å². The van der Waals surface area contributed by atoms with E-state index in [9.17, 15) is 9.18 Å². The van der Waals surface area contributed by atoms with Crippen LogP contribution in [-0.4, -0.2) is 47.4 Å². The summed E-state index contributed by atoms with van der Waals surface area (Å²) in [6.45, 7) is 3.56. The molecule has 2 aliphatic rings. The van der Waals surface area contributed by atoms with Crippen molar-refractivity contribution in [2.24, 2.45) is 5.73 Å². The second-order valence-electron chi connectivity index (χ2n) is 6.73. The van der Waals surface area contributed by atoms with Gasteiger partial charge in [-0.05, 0) is 63.0 Å². The van der Waals surface area contributed by atoms with Gasteiger partial charge in [0.25, 0.3) is 0 Å². The minimum Gasteiger partial charge on any atom is -0.368 e. The van der Waals surface area contributed by atoms with E-state index in [0.717, 1.165) is 57.4 Å². The minimum absolute atomic E-state index is 0.100.